The summed E-state index contributed by atoms with van der Waals surface area (Å²) in [7, 11) is 0. The van der Waals surface area contributed by atoms with Gasteiger partial charge >= 0.3 is 0 Å². The average Bonchev–Trinajstić information content (AvgIpc) is 3.05. The van der Waals surface area contributed by atoms with Crippen LogP contribution in [0.25, 0.3) is 0 Å². The van der Waals surface area contributed by atoms with Crippen molar-refractivity contribution in [1.82, 2.24) is 10.4 Å². The Morgan fingerprint density at radius 2 is 1.96 bits per heavy atom. The maximum absolute atomic E-state index is 13.0. The maximum Gasteiger partial charge on any atom is 0.243 e. The van der Waals surface area contributed by atoms with Crippen molar-refractivity contribution in [3.05, 3.63) is 35.4 Å². The molecule has 1 aromatic rings. The van der Waals surface area contributed by atoms with Gasteiger partial charge in [-0.25, -0.2) is 5.48 Å². The Morgan fingerprint density at radius 1 is 1.21 bits per heavy atom. The molecule has 0 aliphatic heterocycles. The van der Waals surface area contributed by atoms with Crippen molar-refractivity contribution < 1.29 is 19.9 Å². The van der Waals surface area contributed by atoms with Gasteiger partial charge < -0.3 is 10.0 Å². The van der Waals surface area contributed by atoms with E-state index in [1.165, 1.54) is 19.3 Å². The van der Waals surface area contributed by atoms with Crippen molar-refractivity contribution in [2.24, 2.45) is 5.92 Å². The summed E-state index contributed by atoms with van der Waals surface area (Å²) < 4.78 is 0. The van der Waals surface area contributed by atoms with Crippen LogP contribution in [0.1, 0.15) is 76.3 Å². The minimum atomic E-state index is -1.33. The molecule has 0 spiro atoms. The number of hydrogen-bond acceptors (Lipinski definition) is 4. The van der Waals surface area contributed by atoms with Gasteiger partial charge in [0.1, 0.15) is 0 Å². The summed E-state index contributed by atoms with van der Waals surface area (Å²) in [5, 5.41) is 20.2. The van der Waals surface area contributed by atoms with Gasteiger partial charge in [-0.05, 0) is 24.3 Å². The number of aliphatic hydroxyl groups is 1. The van der Waals surface area contributed by atoms with Crippen LogP contribution < -0.4 is 5.48 Å². The highest BCUT2D eigenvalue weighted by atomic mass is 16.5. The third kappa shape index (κ3) is 5.55. The van der Waals surface area contributed by atoms with Gasteiger partial charge in [-0.15, -0.1) is 0 Å². The summed E-state index contributed by atoms with van der Waals surface area (Å²) in [5.74, 6) is -0.604. The molecule has 28 heavy (non-hydrogen) atoms. The minimum Gasteiger partial charge on any atom is -0.367 e. The molecule has 1 aliphatic carbocycles. The molecular formula is C22H34N2O4. The van der Waals surface area contributed by atoms with Crippen molar-refractivity contribution >= 4 is 11.8 Å². The Balaban J connectivity index is 2.14. The highest BCUT2D eigenvalue weighted by molar-refractivity contribution is 5.83. The van der Waals surface area contributed by atoms with Crippen LogP contribution in [0, 0.1) is 5.92 Å². The molecule has 2 rings (SSSR count). The predicted molar refractivity (Wildman–Crippen MR) is 107 cm³/mol. The van der Waals surface area contributed by atoms with Crippen molar-refractivity contribution in [3.8, 4) is 0 Å². The first kappa shape index (κ1) is 22.4. The number of rotatable bonds is 11. The molecular weight excluding hydrogens is 356 g/mol. The molecule has 0 fully saturated rings. The fraction of sp³-hybridized carbons (Fsp3) is 0.636. The van der Waals surface area contributed by atoms with Gasteiger partial charge in [-0.1, -0.05) is 63.8 Å². The highest BCUT2D eigenvalue weighted by Gasteiger charge is 2.44. The molecule has 2 atom stereocenters. The van der Waals surface area contributed by atoms with Crippen LogP contribution in [0.15, 0.2) is 24.3 Å². The Bertz CT molecular complexity index is 664. The van der Waals surface area contributed by atoms with Gasteiger partial charge in [0.15, 0.2) is 5.72 Å². The van der Waals surface area contributed by atoms with Crippen LogP contribution in [0.5, 0.6) is 0 Å². The lowest BCUT2D eigenvalue weighted by molar-refractivity contribution is -0.165. The number of nitrogens with zero attached hydrogens (tertiary/aromatic N) is 1. The SMILES string of the molecule is CCCCCC[C@@H](C)CN(C(=O)CCC(=O)NO)[C@]1(O)CCc2ccccc21. The highest BCUT2D eigenvalue weighted by Crippen LogP contribution is 2.40. The van der Waals surface area contributed by atoms with Crippen LogP contribution in [0.2, 0.25) is 0 Å². The lowest BCUT2D eigenvalue weighted by Gasteiger charge is -2.39. The van der Waals surface area contributed by atoms with Crippen LogP contribution in [0.4, 0.5) is 0 Å². The zero-order chi connectivity index (χ0) is 20.6. The molecule has 0 bridgehead atoms. The maximum atomic E-state index is 13.0. The Hall–Kier alpha value is -1.92. The smallest absolute Gasteiger partial charge is 0.243 e. The van der Waals surface area contributed by atoms with E-state index in [1.54, 1.807) is 10.4 Å². The average molecular weight is 391 g/mol. The number of aryl methyl sites for hydroxylation is 1. The molecule has 0 saturated carbocycles. The monoisotopic (exact) mass is 390 g/mol. The lowest BCUT2D eigenvalue weighted by Crippen LogP contribution is -2.50. The van der Waals surface area contributed by atoms with Crippen molar-refractivity contribution in [1.29, 1.82) is 0 Å². The fourth-order valence-electron chi connectivity index (χ4n) is 4.05. The van der Waals surface area contributed by atoms with E-state index in [0.717, 1.165) is 30.4 Å². The zero-order valence-electron chi connectivity index (χ0n) is 17.1. The third-order valence-corrected chi connectivity index (χ3v) is 5.67. The first-order valence-corrected chi connectivity index (χ1v) is 10.5. The number of unbranched alkanes of at least 4 members (excludes halogenated alkanes) is 3. The molecule has 0 saturated heterocycles. The fourth-order valence-corrected chi connectivity index (χ4v) is 4.05. The van der Waals surface area contributed by atoms with Crippen LogP contribution in [-0.2, 0) is 21.7 Å². The number of hydroxylamine groups is 1. The topological polar surface area (TPSA) is 89.9 Å². The minimum absolute atomic E-state index is 0.0422. The quantitative estimate of drug-likeness (QED) is 0.233. The molecule has 0 radical (unpaired) electrons. The molecule has 156 valence electrons. The molecule has 6 nitrogen and oxygen atoms in total. The second-order valence-electron chi connectivity index (χ2n) is 7.97. The van der Waals surface area contributed by atoms with Crippen LogP contribution in [0.3, 0.4) is 0 Å². The van der Waals surface area contributed by atoms with Gasteiger partial charge in [0.05, 0.1) is 0 Å². The van der Waals surface area contributed by atoms with E-state index >= 15 is 0 Å². The third-order valence-electron chi connectivity index (χ3n) is 5.67. The summed E-state index contributed by atoms with van der Waals surface area (Å²) in [4.78, 5) is 25.9. The van der Waals surface area contributed by atoms with Crippen LogP contribution >= 0.6 is 0 Å². The zero-order valence-corrected chi connectivity index (χ0v) is 17.1. The molecule has 6 heteroatoms. The van der Waals surface area contributed by atoms with Gasteiger partial charge in [0, 0.05) is 31.4 Å². The normalized spacial score (nSPS) is 19.1. The van der Waals surface area contributed by atoms with E-state index in [0.29, 0.717) is 13.0 Å². The van der Waals surface area contributed by atoms with E-state index < -0.39 is 11.6 Å². The number of carbonyl (C=O) groups is 2. The van der Waals surface area contributed by atoms with E-state index in [-0.39, 0.29) is 24.7 Å². The second kappa shape index (κ2) is 10.6. The molecule has 0 unspecified atom stereocenters. The van der Waals surface area contributed by atoms with Gasteiger partial charge in [0.2, 0.25) is 11.8 Å². The lowest BCUT2D eigenvalue weighted by atomic mass is 9.97. The van der Waals surface area contributed by atoms with E-state index in [2.05, 4.69) is 13.8 Å². The molecule has 3 N–H and O–H groups in total. The first-order chi connectivity index (χ1) is 13.4. The largest absolute Gasteiger partial charge is 0.367 e. The summed E-state index contributed by atoms with van der Waals surface area (Å²) in [6.45, 7) is 4.74. The number of hydrogen-bond donors (Lipinski definition) is 3. The Morgan fingerprint density at radius 3 is 2.68 bits per heavy atom. The van der Waals surface area contributed by atoms with Crippen LogP contribution in [-0.4, -0.2) is 33.6 Å². The van der Waals surface area contributed by atoms with Crippen molar-refractivity contribution in [3.63, 3.8) is 0 Å². The standard InChI is InChI=1S/C22H34N2O4/c1-3-4-5-6-9-17(2)16-24(21(26)13-12-20(25)23-28)22(27)15-14-18-10-7-8-11-19(18)22/h7-8,10-11,17,27-28H,3-6,9,12-16H2,1-2H3,(H,23,25)/t17-,22+/m1/s1. The first-order valence-electron chi connectivity index (χ1n) is 10.5. The summed E-state index contributed by atoms with van der Waals surface area (Å²) in [6, 6.07) is 7.70. The van der Waals surface area contributed by atoms with E-state index in [9.17, 15) is 14.7 Å². The second-order valence-corrected chi connectivity index (χ2v) is 7.97. The summed E-state index contributed by atoms with van der Waals surface area (Å²) in [5.41, 5.74) is 2.08. The number of benzene rings is 1. The molecule has 2 amide bonds. The number of fused-ring (bicyclic) bond motifs is 1. The number of carbonyl (C=O) groups excluding carboxylic acids is 2. The van der Waals surface area contributed by atoms with Gasteiger partial charge in [0.25, 0.3) is 0 Å². The molecule has 0 aromatic heterocycles. The number of amides is 2. The predicted octanol–water partition coefficient (Wildman–Crippen LogP) is 3.50. The molecule has 0 heterocycles. The van der Waals surface area contributed by atoms with E-state index in [1.807, 2.05) is 24.3 Å². The van der Waals surface area contributed by atoms with Crippen molar-refractivity contribution in [2.75, 3.05) is 6.54 Å². The number of nitrogens with one attached hydrogen (secondary N) is 1. The Kier molecular flexibility index (Phi) is 8.45. The summed E-state index contributed by atoms with van der Waals surface area (Å²) in [6.07, 6.45) is 6.72. The molecule has 1 aliphatic rings. The Labute approximate surface area is 167 Å². The van der Waals surface area contributed by atoms with Gasteiger partial charge in [-0.3, -0.25) is 14.8 Å². The summed E-state index contributed by atoms with van der Waals surface area (Å²) >= 11 is 0. The molecule has 1 aromatic carbocycles. The van der Waals surface area contributed by atoms with E-state index in [4.69, 9.17) is 5.21 Å². The van der Waals surface area contributed by atoms with Crippen molar-refractivity contribution in [2.45, 2.75) is 77.4 Å². The van der Waals surface area contributed by atoms with Gasteiger partial charge in [-0.2, -0.15) is 0 Å².